The summed E-state index contributed by atoms with van der Waals surface area (Å²) in [5.41, 5.74) is 0.797. The van der Waals surface area contributed by atoms with E-state index in [1.807, 2.05) is 0 Å². The first-order chi connectivity index (χ1) is 10.7. The Labute approximate surface area is 131 Å². The third kappa shape index (κ3) is 4.86. The predicted molar refractivity (Wildman–Crippen MR) is 80.7 cm³/mol. The lowest BCUT2D eigenvalue weighted by Gasteiger charge is -2.02. The van der Waals surface area contributed by atoms with Crippen LogP contribution < -0.4 is 10.6 Å². The van der Waals surface area contributed by atoms with E-state index in [0.29, 0.717) is 24.0 Å². The molecule has 0 unspecified atom stereocenters. The summed E-state index contributed by atoms with van der Waals surface area (Å²) >= 11 is 1.25. The van der Waals surface area contributed by atoms with E-state index >= 15 is 0 Å². The zero-order chi connectivity index (χ0) is 15.8. The fourth-order valence-corrected chi connectivity index (χ4v) is 2.25. The third-order valence-electron chi connectivity index (χ3n) is 2.54. The maximum absolute atomic E-state index is 11.9. The minimum atomic E-state index is -0.390. The molecule has 0 radical (unpaired) electrons. The van der Waals surface area contributed by atoms with E-state index in [1.165, 1.54) is 29.9 Å². The predicted octanol–water partition coefficient (Wildman–Crippen LogP) is 0.490. The molecule has 2 N–H and O–H groups in total. The van der Waals surface area contributed by atoms with Crippen molar-refractivity contribution in [3.05, 3.63) is 35.4 Å². The van der Waals surface area contributed by atoms with Crippen molar-refractivity contribution in [1.82, 2.24) is 20.3 Å². The quantitative estimate of drug-likeness (QED) is 0.719. The van der Waals surface area contributed by atoms with Crippen molar-refractivity contribution in [2.45, 2.75) is 6.42 Å². The molecule has 0 aliphatic carbocycles. The van der Waals surface area contributed by atoms with Gasteiger partial charge in [0.25, 0.3) is 5.91 Å². The molecule has 0 aliphatic heterocycles. The Morgan fingerprint density at radius 2 is 2.23 bits per heavy atom. The van der Waals surface area contributed by atoms with Gasteiger partial charge in [0.1, 0.15) is 5.69 Å². The van der Waals surface area contributed by atoms with Crippen molar-refractivity contribution in [2.24, 2.45) is 0 Å². The standard InChI is InChI=1S/C13H15N5O3S/c1-21-5-4-16-11(19)6-9-8-22-13(17-9)18-12(20)10-7-14-2-3-15-10/h2-3,7-8H,4-6H2,1H3,(H,16,19)(H,17,18,20). The van der Waals surface area contributed by atoms with Gasteiger partial charge in [-0.25, -0.2) is 9.97 Å². The Morgan fingerprint density at radius 3 is 2.95 bits per heavy atom. The van der Waals surface area contributed by atoms with Crippen molar-refractivity contribution >= 4 is 28.3 Å². The van der Waals surface area contributed by atoms with E-state index in [2.05, 4.69) is 25.6 Å². The van der Waals surface area contributed by atoms with Crippen molar-refractivity contribution < 1.29 is 14.3 Å². The van der Waals surface area contributed by atoms with Crippen LogP contribution >= 0.6 is 11.3 Å². The van der Waals surface area contributed by atoms with Crippen LogP contribution in [0.3, 0.4) is 0 Å². The fraction of sp³-hybridized carbons (Fsp3) is 0.308. The minimum absolute atomic E-state index is 0.144. The van der Waals surface area contributed by atoms with Gasteiger partial charge in [-0.15, -0.1) is 11.3 Å². The highest BCUT2D eigenvalue weighted by Gasteiger charge is 2.11. The van der Waals surface area contributed by atoms with Crippen LogP contribution in [0.2, 0.25) is 0 Å². The number of ether oxygens (including phenoxy) is 1. The van der Waals surface area contributed by atoms with Gasteiger partial charge in [-0.05, 0) is 0 Å². The van der Waals surface area contributed by atoms with Crippen LogP contribution in [0.4, 0.5) is 5.13 Å². The Kier molecular flexibility index (Phi) is 5.92. The lowest BCUT2D eigenvalue weighted by Crippen LogP contribution is -2.28. The molecule has 0 saturated carbocycles. The number of hydrogen-bond acceptors (Lipinski definition) is 7. The van der Waals surface area contributed by atoms with E-state index in [-0.39, 0.29) is 18.0 Å². The molecule has 9 heteroatoms. The molecule has 0 fully saturated rings. The fourth-order valence-electron chi connectivity index (χ4n) is 1.54. The third-order valence-corrected chi connectivity index (χ3v) is 3.34. The van der Waals surface area contributed by atoms with Crippen LogP contribution in [0.1, 0.15) is 16.2 Å². The number of rotatable bonds is 7. The van der Waals surface area contributed by atoms with Crippen LogP contribution in [-0.4, -0.2) is 47.0 Å². The number of anilines is 1. The molecule has 116 valence electrons. The Balaban J connectivity index is 1.86. The first-order valence-corrected chi connectivity index (χ1v) is 7.34. The molecule has 0 saturated heterocycles. The smallest absolute Gasteiger partial charge is 0.277 e. The van der Waals surface area contributed by atoms with E-state index in [4.69, 9.17) is 4.74 Å². The van der Waals surface area contributed by atoms with Gasteiger partial charge in [-0.3, -0.25) is 19.9 Å². The summed E-state index contributed by atoms with van der Waals surface area (Å²) in [6.07, 6.45) is 4.45. The number of thiazole rings is 1. The van der Waals surface area contributed by atoms with Gasteiger partial charge in [0.15, 0.2) is 5.13 Å². The summed E-state index contributed by atoms with van der Waals surface area (Å²) in [6.45, 7) is 0.915. The molecule has 8 nitrogen and oxygen atoms in total. The van der Waals surface area contributed by atoms with Gasteiger partial charge in [-0.2, -0.15) is 0 Å². The number of nitrogens with zero attached hydrogens (tertiary/aromatic N) is 3. The van der Waals surface area contributed by atoms with E-state index < -0.39 is 5.91 Å². The summed E-state index contributed by atoms with van der Waals surface area (Å²) in [5.74, 6) is -0.535. The molecule has 0 bridgehead atoms. The number of carbonyl (C=O) groups excluding carboxylic acids is 2. The van der Waals surface area contributed by atoms with Crippen molar-refractivity contribution in [1.29, 1.82) is 0 Å². The molecular weight excluding hydrogens is 306 g/mol. The maximum atomic E-state index is 11.9. The summed E-state index contributed by atoms with van der Waals surface area (Å²) in [6, 6.07) is 0. The van der Waals surface area contributed by atoms with Gasteiger partial charge < -0.3 is 10.1 Å². The SMILES string of the molecule is COCCNC(=O)Cc1csc(NC(=O)c2cnccn2)n1. The summed E-state index contributed by atoms with van der Waals surface area (Å²) in [5, 5.41) is 7.46. The average Bonchev–Trinajstić information content (AvgIpc) is 2.95. The molecule has 2 amide bonds. The second kappa shape index (κ2) is 8.15. The number of nitrogens with one attached hydrogen (secondary N) is 2. The first-order valence-electron chi connectivity index (χ1n) is 6.46. The lowest BCUT2D eigenvalue weighted by molar-refractivity contribution is -0.120. The lowest BCUT2D eigenvalue weighted by atomic mass is 10.3. The summed E-state index contributed by atoms with van der Waals surface area (Å²) in [7, 11) is 1.57. The Bertz CT molecular complexity index is 632. The average molecular weight is 321 g/mol. The zero-order valence-electron chi connectivity index (χ0n) is 11.9. The molecule has 2 aromatic heterocycles. The summed E-state index contributed by atoms with van der Waals surface area (Å²) < 4.78 is 4.85. The molecule has 0 aromatic carbocycles. The Morgan fingerprint density at radius 1 is 1.36 bits per heavy atom. The van der Waals surface area contributed by atoms with Gasteiger partial charge in [-0.1, -0.05) is 0 Å². The molecule has 22 heavy (non-hydrogen) atoms. The van der Waals surface area contributed by atoms with Crippen molar-refractivity contribution in [3.8, 4) is 0 Å². The second-order valence-corrected chi connectivity index (χ2v) is 5.07. The van der Waals surface area contributed by atoms with Crippen LogP contribution in [-0.2, 0) is 16.0 Å². The van der Waals surface area contributed by atoms with Crippen LogP contribution in [0, 0.1) is 0 Å². The van der Waals surface area contributed by atoms with Gasteiger partial charge >= 0.3 is 0 Å². The number of methoxy groups -OCH3 is 1. The van der Waals surface area contributed by atoms with Crippen molar-refractivity contribution in [3.63, 3.8) is 0 Å². The topological polar surface area (TPSA) is 106 Å². The molecule has 2 heterocycles. The first kappa shape index (κ1) is 16.0. The van der Waals surface area contributed by atoms with E-state index in [9.17, 15) is 9.59 Å². The number of amides is 2. The van der Waals surface area contributed by atoms with E-state index in [0.717, 1.165) is 0 Å². The Hall–Kier alpha value is -2.39. The largest absolute Gasteiger partial charge is 0.383 e. The minimum Gasteiger partial charge on any atom is -0.383 e. The molecule has 0 spiro atoms. The highest BCUT2D eigenvalue weighted by Crippen LogP contribution is 2.16. The maximum Gasteiger partial charge on any atom is 0.277 e. The molecule has 2 aromatic rings. The molecule has 2 rings (SSSR count). The monoisotopic (exact) mass is 321 g/mol. The van der Waals surface area contributed by atoms with Crippen LogP contribution in [0.15, 0.2) is 24.0 Å². The van der Waals surface area contributed by atoms with Crippen LogP contribution in [0.5, 0.6) is 0 Å². The highest BCUT2D eigenvalue weighted by molar-refractivity contribution is 7.14. The van der Waals surface area contributed by atoms with Crippen LogP contribution in [0.25, 0.3) is 0 Å². The van der Waals surface area contributed by atoms with Gasteiger partial charge in [0.05, 0.1) is 24.9 Å². The molecular formula is C13H15N5O3S. The summed E-state index contributed by atoms with van der Waals surface area (Å²) in [4.78, 5) is 35.4. The number of carbonyl (C=O) groups is 2. The highest BCUT2D eigenvalue weighted by atomic mass is 32.1. The number of aromatic nitrogens is 3. The molecule has 0 atom stereocenters. The van der Waals surface area contributed by atoms with Gasteiger partial charge in [0, 0.05) is 31.4 Å². The van der Waals surface area contributed by atoms with Crippen molar-refractivity contribution in [2.75, 3.05) is 25.6 Å². The van der Waals surface area contributed by atoms with E-state index in [1.54, 1.807) is 12.5 Å². The second-order valence-electron chi connectivity index (χ2n) is 4.21. The zero-order valence-corrected chi connectivity index (χ0v) is 12.7. The molecule has 0 aliphatic rings. The van der Waals surface area contributed by atoms with Gasteiger partial charge in [0.2, 0.25) is 5.91 Å². The number of hydrogen-bond donors (Lipinski definition) is 2. The normalized spacial score (nSPS) is 10.2.